The summed E-state index contributed by atoms with van der Waals surface area (Å²) in [5.74, 6) is 1.24. The van der Waals surface area contributed by atoms with Crippen molar-refractivity contribution in [3.8, 4) is 0 Å². The van der Waals surface area contributed by atoms with Crippen molar-refractivity contribution < 1.29 is 4.79 Å². The molecular formula is C23H34N2OS. The second kappa shape index (κ2) is 9.61. The van der Waals surface area contributed by atoms with Gasteiger partial charge in [0.05, 0.1) is 0 Å². The van der Waals surface area contributed by atoms with Crippen molar-refractivity contribution in [1.82, 2.24) is 10.4 Å². The van der Waals surface area contributed by atoms with Crippen LogP contribution in [0.3, 0.4) is 0 Å². The summed E-state index contributed by atoms with van der Waals surface area (Å²) in [5.41, 5.74) is 7.22. The van der Waals surface area contributed by atoms with Crippen molar-refractivity contribution in [2.24, 2.45) is 11.3 Å². The minimum atomic E-state index is 0.0934. The van der Waals surface area contributed by atoms with Gasteiger partial charge in [0, 0.05) is 29.4 Å². The topological polar surface area (TPSA) is 32.3 Å². The van der Waals surface area contributed by atoms with Crippen LogP contribution in [-0.4, -0.2) is 29.6 Å². The Hall–Kier alpha value is -1.52. The van der Waals surface area contributed by atoms with E-state index < -0.39 is 0 Å². The number of nitrogens with zero attached hydrogens (tertiary/aromatic N) is 1. The van der Waals surface area contributed by atoms with Crippen LogP contribution in [0.5, 0.6) is 0 Å². The zero-order valence-corrected chi connectivity index (χ0v) is 18.3. The fourth-order valence-corrected chi connectivity index (χ4v) is 4.09. The Bertz CT molecular complexity index is 687. The van der Waals surface area contributed by atoms with Crippen LogP contribution in [0.25, 0.3) is 0 Å². The molecule has 148 valence electrons. The van der Waals surface area contributed by atoms with E-state index in [4.69, 9.17) is 0 Å². The summed E-state index contributed by atoms with van der Waals surface area (Å²) in [7, 11) is 0. The van der Waals surface area contributed by atoms with Gasteiger partial charge in [-0.2, -0.15) is 0 Å². The zero-order valence-electron chi connectivity index (χ0n) is 17.5. The largest absolute Gasteiger partial charge is 0.323 e. The number of thioether (sulfide) groups is 1. The highest BCUT2D eigenvalue weighted by Crippen LogP contribution is 2.30. The van der Waals surface area contributed by atoms with E-state index in [0.717, 1.165) is 30.1 Å². The molecule has 2 aliphatic rings. The Labute approximate surface area is 169 Å². The normalized spacial score (nSPS) is 23.3. The molecule has 0 aromatic rings. The average molecular weight is 387 g/mol. The van der Waals surface area contributed by atoms with Gasteiger partial charge in [-0.05, 0) is 61.3 Å². The quantitative estimate of drug-likeness (QED) is 0.593. The van der Waals surface area contributed by atoms with Crippen LogP contribution in [-0.2, 0) is 4.79 Å². The fraction of sp³-hybridized carbons (Fsp3) is 0.522. The monoisotopic (exact) mass is 386 g/mol. The predicted octanol–water partition coefficient (Wildman–Crippen LogP) is 5.41. The summed E-state index contributed by atoms with van der Waals surface area (Å²) >= 11 is 1.79. The van der Waals surface area contributed by atoms with Crippen molar-refractivity contribution in [2.75, 3.05) is 18.8 Å². The van der Waals surface area contributed by atoms with E-state index in [1.165, 1.54) is 23.3 Å². The third-order valence-electron chi connectivity index (χ3n) is 5.19. The molecule has 1 aliphatic carbocycles. The van der Waals surface area contributed by atoms with Gasteiger partial charge >= 0.3 is 0 Å². The highest BCUT2D eigenvalue weighted by atomic mass is 32.2. The minimum Gasteiger partial charge on any atom is -0.323 e. The third kappa shape index (κ3) is 7.19. The van der Waals surface area contributed by atoms with Gasteiger partial charge in [-0.15, -0.1) is 11.8 Å². The van der Waals surface area contributed by atoms with Crippen LogP contribution in [0, 0.1) is 11.3 Å². The number of nitrogens with one attached hydrogen (secondary N) is 1. The van der Waals surface area contributed by atoms with Gasteiger partial charge in [0.25, 0.3) is 0 Å². The summed E-state index contributed by atoms with van der Waals surface area (Å²) in [4.78, 5) is 12.6. The predicted molar refractivity (Wildman–Crippen MR) is 118 cm³/mol. The number of carbonyl (C=O) groups excluding carboxylic acids is 1. The second-order valence-electron chi connectivity index (χ2n) is 8.43. The highest BCUT2D eigenvalue weighted by Gasteiger charge is 2.25. The Morgan fingerprint density at radius 3 is 2.63 bits per heavy atom. The lowest BCUT2D eigenvalue weighted by Crippen LogP contribution is -2.45. The Balaban J connectivity index is 1.89. The van der Waals surface area contributed by atoms with Crippen LogP contribution in [0.4, 0.5) is 0 Å². The minimum absolute atomic E-state index is 0.0934. The number of allylic oxidation sites excluding steroid dienone is 7. The van der Waals surface area contributed by atoms with Crippen LogP contribution in [0.2, 0.25) is 0 Å². The van der Waals surface area contributed by atoms with Gasteiger partial charge in [0.1, 0.15) is 0 Å². The number of hydrogen-bond acceptors (Lipinski definition) is 4. The van der Waals surface area contributed by atoms with E-state index in [1.807, 2.05) is 6.92 Å². The van der Waals surface area contributed by atoms with E-state index in [0.29, 0.717) is 11.3 Å². The molecule has 0 radical (unpaired) electrons. The van der Waals surface area contributed by atoms with Gasteiger partial charge in [0.2, 0.25) is 0 Å². The standard InChI is InChI=1S/C23H34N2OS/c1-17-7-8-21(9-10-22(17)18(2)15-20(4)26)27-16-19(3)24-25-13-11-23(5,6)12-14-25/h7-10,15,17,24H,3,11-14,16H2,1-2,4-6H3/b18-15-. The molecule has 0 spiro atoms. The summed E-state index contributed by atoms with van der Waals surface area (Å²) in [6, 6.07) is 0. The summed E-state index contributed by atoms with van der Waals surface area (Å²) in [6.45, 7) is 16.8. The van der Waals surface area contributed by atoms with Gasteiger partial charge in [-0.3, -0.25) is 4.79 Å². The lowest BCUT2D eigenvalue weighted by atomic mass is 9.83. The fourth-order valence-electron chi connectivity index (χ4n) is 3.35. The highest BCUT2D eigenvalue weighted by molar-refractivity contribution is 8.03. The maximum Gasteiger partial charge on any atom is 0.152 e. The van der Waals surface area contributed by atoms with Crippen molar-refractivity contribution in [3.05, 3.63) is 58.7 Å². The molecule has 1 unspecified atom stereocenters. The van der Waals surface area contributed by atoms with Crippen molar-refractivity contribution in [2.45, 2.75) is 47.5 Å². The molecule has 0 saturated carbocycles. The smallest absolute Gasteiger partial charge is 0.152 e. The first-order valence-corrected chi connectivity index (χ1v) is 10.8. The van der Waals surface area contributed by atoms with E-state index in [-0.39, 0.29) is 5.78 Å². The average Bonchev–Trinajstić information content (AvgIpc) is 2.76. The molecule has 1 saturated heterocycles. The number of piperidine rings is 1. The first-order chi connectivity index (χ1) is 12.7. The van der Waals surface area contributed by atoms with Crippen molar-refractivity contribution >= 4 is 17.5 Å². The molecule has 0 aromatic heterocycles. The Morgan fingerprint density at radius 2 is 2.00 bits per heavy atom. The molecular weight excluding hydrogens is 352 g/mol. The molecule has 0 bridgehead atoms. The maximum atomic E-state index is 11.4. The molecule has 1 aliphatic heterocycles. The van der Waals surface area contributed by atoms with Crippen molar-refractivity contribution in [3.63, 3.8) is 0 Å². The van der Waals surface area contributed by atoms with E-state index in [1.54, 1.807) is 24.8 Å². The number of ketones is 1. The Kier molecular flexibility index (Phi) is 7.75. The van der Waals surface area contributed by atoms with Crippen molar-refractivity contribution in [1.29, 1.82) is 0 Å². The lowest BCUT2D eigenvalue weighted by molar-refractivity contribution is -0.112. The van der Waals surface area contributed by atoms with Gasteiger partial charge in [-0.25, -0.2) is 5.01 Å². The summed E-state index contributed by atoms with van der Waals surface area (Å²) in [5, 5.41) is 2.29. The molecule has 1 fully saturated rings. The lowest BCUT2D eigenvalue weighted by Gasteiger charge is -2.37. The second-order valence-corrected chi connectivity index (χ2v) is 9.48. The first-order valence-electron chi connectivity index (χ1n) is 9.78. The third-order valence-corrected chi connectivity index (χ3v) is 6.29. The van der Waals surface area contributed by atoms with Gasteiger partial charge in [0.15, 0.2) is 5.78 Å². The summed E-state index contributed by atoms with van der Waals surface area (Å²) < 4.78 is 0. The van der Waals surface area contributed by atoms with Gasteiger partial charge < -0.3 is 5.43 Å². The summed E-state index contributed by atoms with van der Waals surface area (Å²) in [6.07, 6.45) is 12.8. The van der Waals surface area contributed by atoms with Gasteiger partial charge in [-0.1, -0.05) is 45.6 Å². The molecule has 2 rings (SSSR count). The van der Waals surface area contributed by atoms with Crippen LogP contribution >= 0.6 is 11.8 Å². The zero-order chi connectivity index (χ0) is 20.0. The molecule has 0 aromatic carbocycles. The maximum absolute atomic E-state index is 11.4. The first kappa shape index (κ1) is 21.8. The van der Waals surface area contributed by atoms with E-state index in [2.05, 4.69) is 62.1 Å². The molecule has 4 heteroatoms. The number of carbonyl (C=O) groups is 1. The van der Waals surface area contributed by atoms with E-state index in [9.17, 15) is 4.79 Å². The van der Waals surface area contributed by atoms with Crippen LogP contribution in [0.1, 0.15) is 47.5 Å². The SMILES string of the molecule is C=C(CSC1=CC=C(/C(C)=C\C(C)=O)C(C)C=C1)NN1CCC(C)(C)CC1. The molecule has 27 heavy (non-hydrogen) atoms. The Morgan fingerprint density at radius 1 is 1.33 bits per heavy atom. The molecule has 1 atom stereocenters. The van der Waals surface area contributed by atoms with E-state index >= 15 is 0 Å². The number of hydrogen-bond donors (Lipinski definition) is 1. The number of hydrazine groups is 1. The molecule has 1 heterocycles. The molecule has 1 N–H and O–H groups in total. The van der Waals surface area contributed by atoms with Crippen LogP contribution < -0.4 is 5.43 Å². The molecule has 0 amide bonds. The molecule has 3 nitrogen and oxygen atoms in total. The number of rotatable bonds is 7. The van der Waals surface area contributed by atoms with Crippen LogP contribution in [0.15, 0.2) is 58.7 Å².